The van der Waals surface area contributed by atoms with Gasteiger partial charge >= 0.3 is 5.69 Å². The molecule has 0 bridgehead atoms. The Bertz CT molecular complexity index is 640. The number of carbonyl (C=O) groups excluding carboxylic acids is 1. The van der Waals surface area contributed by atoms with Crippen LogP contribution in [0, 0.1) is 10.1 Å². The van der Waals surface area contributed by atoms with Gasteiger partial charge in [-0.3, -0.25) is 14.9 Å². The van der Waals surface area contributed by atoms with Crippen LogP contribution >= 0.6 is 11.3 Å². The van der Waals surface area contributed by atoms with E-state index in [4.69, 9.17) is 0 Å². The van der Waals surface area contributed by atoms with E-state index in [-0.39, 0.29) is 11.6 Å². The van der Waals surface area contributed by atoms with Crippen LogP contribution in [-0.4, -0.2) is 28.9 Å². The second-order valence-corrected chi connectivity index (χ2v) is 4.78. The molecule has 1 aromatic heterocycles. The normalized spacial score (nSPS) is 12.1. The molecule has 1 unspecified atom stereocenters. The Morgan fingerprint density at radius 1 is 1.53 bits per heavy atom. The first-order valence-corrected chi connectivity index (χ1v) is 6.41. The molecule has 2 rings (SSSR count). The summed E-state index contributed by atoms with van der Waals surface area (Å²) >= 11 is 1.33. The average molecular weight is 280 g/mol. The van der Waals surface area contributed by atoms with Crippen molar-refractivity contribution in [1.29, 1.82) is 0 Å². The number of hydrogen-bond donors (Lipinski definition) is 2. The lowest BCUT2D eigenvalue weighted by Crippen LogP contribution is -2.35. The highest BCUT2D eigenvalue weighted by molar-refractivity contribution is 7.16. The van der Waals surface area contributed by atoms with Crippen LogP contribution in [0.4, 0.5) is 11.4 Å². The van der Waals surface area contributed by atoms with Gasteiger partial charge in [0.05, 0.1) is 15.1 Å². The topological polar surface area (TPSA) is 97.2 Å². The van der Waals surface area contributed by atoms with Gasteiger partial charge in [0, 0.05) is 7.05 Å². The Morgan fingerprint density at radius 3 is 2.89 bits per heavy atom. The van der Waals surface area contributed by atoms with E-state index in [1.54, 1.807) is 24.6 Å². The minimum atomic E-state index is -0.570. The fraction of sp³-hybridized carbons (Fsp3) is 0.273. The van der Waals surface area contributed by atoms with Crippen LogP contribution in [0.25, 0.3) is 10.2 Å². The zero-order valence-corrected chi connectivity index (χ0v) is 11.2. The van der Waals surface area contributed by atoms with Crippen molar-refractivity contribution in [3.8, 4) is 0 Å². The largest absolute Gasteiger partial charge is 0.368 e. The number of nitro groups is 1. The Balaban J connectivity index is 2.45. The van der Waals surface area contributed by atoms with Crippen molar-refractivity contribution in [2.24, 2.45) is 0 Å². The van der Waals surface area contributed by atoms with Gasteiger partial charge in [-0.15, -0.1) is 11.3 Å². The molecule has 0 aliphatic carbocycles. The van der Waals surface area contributed by atoms with E-state index in [0.29, 0.717) is 11.2 Å². The van der Waals surface area contributed by atoms with E-state index in [2.05, 4.69) is 15.6 Å². The van der Waals surface area contributed by atoms with Gasteiger partial charge in [-0.1, -0.05) is 0 Å². The number of fused-ring (bicyclic) bond motifs is 1. The van der Waals surface area contributed by atoms with Crippen LogP contribution in [0.5, 0.6) is 0 Å². The van der Waals surface area contributed by atoms with Crippen LogP contribution in [0.15, 0.2) is 17.6 Å². The SMILES string of the molecule is CNC(=O)C(C)Nc1ccc2scnc2c1[N+](=O)[O-]. The highest BCUT2D eigenvalue weighted by Gasteiger charge is 2.23. The number of nitrogens with zero attached hydrogens (tertiary/aromatic N) is 2. The van der Waals surface area contributed by atoms with Crippen LogP contribution in [0.3, 0.4) is 0 Å². The summed E-state index contributed by atoms with van der Waals surface area (Å²) in [4.78, 5) is 26.2. The summed E-state index contributed by atoms with van der Waals surface area (Å²) in [5.41, 5.74) is 2.09. The molecule has 0 radical (unpaired) electrons. The maximum absolute atomic E-state index is 11.5. The fourth-order valence-electron chi connectivity index (χ4n) is 1.73. The third-order valence-electron chi connectivity index (χ3n) is 2.67. The van der Waals surface area contributed by atoms with E-state index < -0.39 is 11.0 Å². The van der Waals surface area contributed by atoms with Crippen molar-refractivity contribution in [3.05, 3.63) is 27.8 Å². The Hall–Kier alpha value is -2.22. The standard InChI is InChI=1S/C11H12N4O3S/c1-6(11(16)12-2)14-7-3-4-8-9(13-5-19-8)10(7)15(17)18/h3-6,14H,1-2H3,(H,12,16). The summed E-state index contributed by atoms with van der Waals surface area (Å²) in [5, 5.41) is 16.5. The predicted molar refractivity (Wildman–Crippen MR) is 73.4 cm³/mol. The number of amides is 1. The maximum atomic E-state index is 11.5. The molecule has 0 saturated carbocycles. The highest BCUT2D eigenvalue weighted by atomic mass is 32.1. The minimum absolute atomic E-state index is 0.102. The van der Waals surface area contributed by atoms with Gasteiger partial charge in [-0.2, -0.15) is 0 Å². The summed E-state index contributed by atoms with van der Waals surface area (Å²) < 4.78 is 0.741. The Labute approximate surface area is 112 Å². The summed E-state index contributed by atoms with van der Waals surface area (Å²) in [6.07, 6.45) is 0. The number of aromatic nitrogens is 1. The van der Waals surface area contributed by atoms with E-state index in [1.165, 1.54) is 18.4 Å². The summed E-state index contributed by atoms with van der Waals surface area (Å²) in [6, 6.07) is 2.77. The van der Waals surface area contributed by atoms with Gasteiger partial charge in [-0.25, -0.2) is 4.98 Å². The molecule has 0 fully saturated rings. The van der Waals surface area contributed by atoms with Gasteiger partial charge in [0.25, 0.3) is 0 Å². The lowest BCUT2D eigenvalue weighted by Gasteiger charge is -2.13. The predicted octanol–water partition coefficient (Wildman–Crippen LogP) is 1.75. The van der Waals surface area contributed by atoms with E-state index >= 15 is 0 Å². The van der Waals surface area contributed by atoms with Crippen molar-refractivity contribution < 1.29 is 9.72 Å². The number of hydrogen-bond acceptors (Lipinski definition) is 6. The molecule has 7 nitrogen and oxygen atoms in total. The number of carbonyl (C=O) groups is 1. The highest BCUT2D eigenvalue weighted by Crippen LogP contribution is 2.34. The summed E-state index contributed by atoms with van der Waals surface area (Å²) in [5.74, 6) is -0.243. The number of rotatable bonds is 4. The number of nitro benzene ring substituents is 1. The van der Waals surface area contributed by atoms with Gasteiger partial charge in [0.15, 0.2) is 5.52 Å². The smallest absolute Gasteiger partial charge is 0.319 e. The molecular formula is C11H12N4O3S. The molecule has 2 aromatic rings. The minimum Gasteiger partial charge on any atom is -0.368 e. The van der Waals surface area contributed by atoms with Gasteiger partial charge in [0.1, 0.15) is 11.7 Å². The lowest BCUT2D eigenvalue weighted by atomic mass is 10.2. The maximum Gasteiger partial charge on any atom is 0.319 e. The Kier molecular flexibility index (Phi) is 3.61. The summed E-state index contributed by atoms with van der Waals surface area (Å²) in [7, 11) is 1.51. The quantitative estimate of drug-likeness (QED) is 0.657. The molecule has 0 aliphatic rings. The molecule has 8 heteroatoms. The lowest BCUT2D eigenvalue weighted by molar-refractivity contribution is -0.382. The zero-order chi connectivity index (χ0) is 14.0. The second-order valence-electron chi connectivity index (χ2n) is 3.90. The van der Waals surface area contributed by atoms with Crippen molar-refractivity contribution in [3.63, 3.8) is 0 Å². The van der Waals surface area contributed by atoms with Crippen LogP contribution in [0.2, 0.25) is 0 Å². The number of anilines is 1. The van der Waals surface area contributed by atoms with Crippen LogP contribution < -0.4 is 10.6 Å². The zero-order valence-electron chi connectivity index (χ0n) is 10.3. The molecule has 1 amide bonds. The van der Waals surface area contributed by atoms with Gasteiger partial charge in [-0.05, 0) is 19.1 Å². The molecule has 1 aromatic carbocycles. The molecule has 1 atom stereocenters. The molecule has 0 aliphatic heterocycles. The van der Waals surface area contributed by atoms with E-state index in [0.717, 1.165) is 4.70 Å². The first-order valence-electron chi connectivity index (χ1n) is 5.53. The monoisotopic (exact) mass is 280 g/mol. The number of benzene rings is 1. The molecule has 1 heterocycles. The second kappa shape index (κ2) is 5.19. The van der Waals surface area contributed by atoms with Crippen molar-refractivity contribution >= 4 is 38.8 Å². The van der Waals surface area contributed by atoms with Crippen molar-refractivity contribution in [1.82, 2.24) is 10.3 Å². The average Bonchev–Trinajstić information content (AvgIpc) is 2.84. The first kappa shape index (κ1) is 13.2. The third kappa shape index (κ3) is 2.48. The molecule has 2 N–H and O–H groups in total. The molecule has 19 heavy (non-hydrogen) atoms. The molecule has 100 valence electrons. The molecule has 0 spiro atoms. The Morgan fingerprint density at radius 2 is 2.26 bits per heavy atom. The molecular weight excluding hydrogens is 268 g/mol. The van der Waals surface area contributed by atoms with Crippen molar-refractivity contribution in [2.75, 3.05) is 12.4 Å². The number of nitrogens with one attached hydrogen (secondary N) is 2. The van der Waals surface area contributed by atoms with Crippen molar-refractivity contribution in [2.45, 2.75) is 13.0 Å². The van der Waals surface area contributed by atoms with E-state index in [9.17, 15) is 14.9 Å². The molecule has 0 saturated heterocycles. The number of thiazole rings is 1. The first-order chi connectivity index (χ1) is 9.04. The van der Waals surface area contributed by atoms with Gasteiger partial charge in [0.2, 0.25) is 5.91 Å². The van der Waals surface area contributed by atoms with Crippen LogP contribution in [-0.2, 0) is 4.79 Å². The summed E-state index contributed by atoms with van der Waals surface area (Å²) in [6.45, 7) is 1.63. The van der Waals surface area contributed by atoms with Gasteiger partial charge < -0.3 is 10.6 Å². The number of likely N-dealkylation sites (N-methyl/N-ethyl adjacent to an activating group) is 1. The third-order valence-corrected chi connectivity index (χ3v) is 3.46. The van der Waals surface area contributed by atoms with E-state index in [1.807, 2.05) is 0 Å². The fourth-order valence-corrected chi connectivity index (χ4v) is 2.41. The van der Waals surface area contributed by atoms with Crippen LogP contribution in [0.1, 0.15) is 6.92 Å².